The number of carbonyl (C=O) groups is 2. The lowest BCUT2D eigenvalue weighted by molar-refractivity contribution is -0.121. The molecule has 1 atom stereocenters. The van der Waals surface area contributed by atoms with Gasteiger partial charge < -0.3 is 16.4 Å². The minimum Gasteiger partial charge on any atom is -0.356 e. The summed E-state index contributed by atoms with van der Waals surface area (Å²) in [5, 5.41) is 16.1. The number of aliphatic imine (C=N–C) groups is 1. The number of thiophene rings is 1. The molecule has 214 valence electrons. The van der Waals surface area contributed by atoms with Crippen molar-refractivity contribution in [3.05, 3.63) is 92.3 Å². The summed E-state index contributed by atoms with van der Waals surface area (Å²) < 4.78 is 2.00. The van der Waals surface area contributed by atoms with Gasteiger partial charge in [-0.15, -0.1) is 21.5 Å². The highest BCUT2D eigenvalue weighted by Crippen LogP contribution is 2.39. The summed E-state index contributed by atoms with van der Waals surface area (Å²) in [7, 11) is 0. The molecule has 5 rings (SSSR count). The fourth-order valence-corrected chi connectivity index (χ4v) is 6.09. The van der Waals surface area contributed by atoms with E-state index in [-0.39, 0.29) is 37.7 Å². The second kappa shape index (κ2) is 12.7. The average molecular weight is 600 g/mol. The summed E-state index contributed by atoms with van der Waals surface area (Å²) in [5.41, 5.74) is 10.6. The SMILES string of the molecule is Cc1sc2c(c1C)C(c1ccc(Cl)cc1)=NC(CC(=O)NCCC(=O)Nc1cccc(C#CCN)c1)c1nnc(C)n1-2. The number of anilines is 1. The quantitative estimate of drug-likeness (QED) is 0.267. The van der Waals surface area contributed by atoms with Gasteiger partial charge in [0.05, 0.1) is 18.7 Å². The number of hydrogen-bond acceptors (Lipinski definition) is 7. The van der Waals surface area contributed by atoms with E-state index in [0.29, 0.717) is 16.5 Å². The number of aromatic nitrogens is 3. The fourth-order valence-electron chi connectivity index (χ4n) is 4.75. The third-order valence-electron chi connectivity index (χ3n) is 6.89. The molecule has 2 aromatic heterocycles. The van der Waals surface area contributed by atoms with Gasteiger partial charge in [0.2, 0.25) is 11.8 Å². The van der Waals surface area contributed by atoms with E-state index in [4.69, 9.17) is 22.3 Å². The molecule has 42 heavy (non-hydrogen) atoms. The number of fused-ring (bicyclic) bond motifs is 3. The fraction of sp³-hybridized carbons (Fsp3) is 0.258. The van der Waals surface area contributed by atoms with Gasteiger partial charge in [-0.3, -0.25) is 19.1 Å². The lowest BCUT2D eigenvalue weighted by Crippen LogP contribution is -2.29. The Kier molecular flexibility index (Phi) is 8.83. The van der Waals surface area contributed by atoms with Crippen LogP contribution in [0.4, 0.5) is 5.69 Å². The molecule has 4 N–H and O–H groups in total. The van der Waals surface area contributed by atoms with E-state index in [9.17, 15) is 9.59 Å². The topological polar surface area (TPSA) is 127 Å². The molecule has 0 aliphatic carbocycles. The molecule has 2 aromatic carbocycles. The molecule has 0 saturated carbocycles. The first-order valence-corrected chi connectivity index (χ1v) is 14.7. The number of amides is 2. The summed E-state index contributed by atoms with van der Waals surface area (Å²) >= 11 is 7.84. The van der Waals surface area contributed by atoms with E-state index in [1.165, 1.54) is 4.88 Å². The Labute approximate surface area is 253 Å². The van der Waals surface area contributed by atoms with Gasteiger partial charge in [0.1, 0.15) is 16.9 Å². The van der Waals surface area contributed by atoms with Crippen molar-refractivity contribution in [3.8, 4) is 16.8 Å². The maximum atomic E-state index is 13.1. The number of nitrogens with one attached hydrogen (secondary N) is 2. The van der Waals surface area contributed by atoms with Crippen LogP contribution in [-0.4, -0.2) is 45.4 Å². The molecular weight excluding hydrogens is 570 g/mol. The molecule has 2 amide bonds. The van der Waals surface area contributed by atoms with Gasteiger partial charge in [-0.25, -0.2) is 0 Å². The number of halogens is 1. The van der Waals surface area contributed by atoms with Crippen LogP contribution in [0.1, 0.15) is 57.7 Å². The summed E-state index contributed by atoms with van der Waals surface area (Å²) in [4.78, 5) is 31.9. The van der Waals surface area contributed by atoms with Gasteiger partial charge in [0, 0.05) is 45.2 Å². The molecular formula is C31H30ClN7O2S. The highest BCUT2D eigenvalue weighted by molar-refractivity contribution is 7.15. The summed E-state index contributed by atoms with van der Waals surface area (Å²) in [6.07, 6.45) is 0.158. The van der Waals surface area contributed by atoms with E-state index < -0.39 is 6.04 Å². The second-order valence-corrected chi connectivity index (χ2v) is 11.5. The molecule has 9 nitrogen and oxygen atoms in total. The van der Waals surface area contributed by atoms with Crippen molar-refractivity contribution in [2.45, 2.75) is 39.7 Å². The summed E-state index contributed by atoms with van der Waals surface area (Å²) in [5.74, 6) is 6.60. The van der Waals surface area contributed by atoms with Crippen LogP contribution in [0.2, 0.25) is 5.02 Å². The van der Waals surface area contributed by atoms with Crippen LogP contribution in [0.15, 0.2) is 53.5 Å². The third kappa shape index (κ3) is 6.29. The number of aryl methyl sites for hydroxylation is 2. The van der Waals surface area contributed by atoms with Crippen LogP contribution in [0, 0.1) is 32.6 Å². The van der Waals surface area contributed by atoms with Crippen LogP contribution >= 0.6 is 22.9 Å². The highest BCUT2D eigenvalue weighted by atomic mass is 35.5. The summed E-state index contributed by atoms with van der Waals surface area (Å²) in [6, 6.07) is 14.2. The molecule has 0 saturated heterocycles. The van der Waals surface area contributed by atoms with Gasteiger partial charge in [-0.2, -0.15) is 0 Å². The molecule has 1 aliphatic rings. The lowest BCUT2D eigenvalue weighted by Gasteiger charge is -2.13. The zero-order chi connectivity index (χ0) is 29.8. The number of nitrogens with zero attached hydrogens (tertiary/aromatic N) is 4. The van der Waals surface area contributed by atoms with E-state index >= 15 is 0 Å². The Hall–Kier alpha value is -4.30. The molecule has 11 heteroatoms. The van der Waals surface area contributed by atoms with Gasteiger partial charge in [0.15, 0.2) is 5.82 Å². The molecule has 4 aromatic rings. The first-order chi connectivity index (χ1) is 20.2. The number of benzene rings is 2. The standard InChI is InChI=1S/C31H30ClN7O2S/c1-18-19(2)42-31-28(18)29(22-9-11-23(32)12-10-22)36-25(30-38-37-20(3)39(30)31)17-27(41)34-15-13-26(40)35-24-8-4-6-21(16-24)7-5-14-33/h4,6,8-12,16,25H,13-15,17,33H2,1-3H3,(H,34,41)(H,35,40). The van der Waals surface area contributed by atoms with Gasteiger partial charge in [-0.1, -0.05) is 41.6 Å². The number of carbonyl (C=O) groups excluding carboxylic acids is 2. The second-order valence-electron chi connectivity index (χ2n) is 9.84. The smallest absolute Gasteiger partial charge is 0.226 e. The first-order valence-electron chi connectivity index (χ1n) is 13.5. The maximum absolute atomic E-state index is 13.1. The maximum Gasteiger partial charge on any atom is 0.226 e. The van der Waals surface area contributed by atoms with Crippen molar-refractivity contribution in [2.75, 3.05) is 18.4 Å². The molecule has 0 fully saturated rings. The van der Waals surface area contributed by atoms with Crippen LogP contribution in [0.25, 0.3) is 5.00 Å². The predicted octanol–water partition coefficient (Wildman–Crippen LogP) is 4.64. The third-order valence-corrected chi connectivity index (χ3v) is 8.34. The zero-order valence-electron chi connectivity index (χ0n) is 23.5. The minimum atomic E-state index is -0.581. The summed E-state index contributed by atoms with van der Waals surface area (Å²) in [6.45, 7) is 6.50. The Balaban J connectivity index is 1.32. The normalized spacial score (nSPS) is 13.6. The van der Waals surface area contributed by atoms with Crippen molar-refractivity contribution in [1.29, 1.82) is 0 Å². The van der Waals surface area contributed by atoms with Crippen molar-refractivity contribution in [1.82, 2.24) is 20.1 Å². The molecule has 0 radical (unpaired) electrons. The number of rotatable bonds is 7. The monoisotopic (exact) mass is 599 g/mol. The van der Waals surface area contributed by atoms with Gasteiger partial charge >= 0.3 is 0 Å². The van der Waals surface area contributed by atoms with Crippen molar-refractivity contribution >= 4 is 46.2 Å². The molecule has 0 bridgehead atoms. The highest BCUT2D eigenvalue weighted by Gasteiger charge is 2.32. The Morgan fingerprint density at radius 1 is 1.10 bits per heavy atom. The van der Waals surface area contributed by atoms with Crippen LogP contribution in [-0.2, 0) is 9.59 Å². The van der Waals surface area contributed by atoms with E-state index in [0.717, 1.165) is 38.8 Å². The predicted molar refractivity (Wildman–Crippen MR) is 167 cm³/mol. The number of hydrogen-bond donors (Lipinski definition) is 3. The Morgan fingerprint density at radius 3 is 2.64 bits per heavy atom. The minimum absolute atomic E-state index is 0.0473. The molecule has 0 spiro atoms. The Bertz CT molecular complexity index is 1740. The van der Waals surface area contributed by atoms with Crippen molar-refractivity contribution in [2.24, 2.45) is 10.7 Å². The van der Waals surface area contributed by atoms with Crippen LogP contribution < -0.4 is 16.4 Å². The number of nitrogens with two attached hydrogens (primary N) is 1. The molecule has 1 unspecified atom stereocenters. The molecule has 3 heterocycles. The van der Waals surface area contributed by atoms with Gasteiger partial charge in [-0.05, 0) is 56.7 Å². The van der Waals surface area contributed by atoms with E-state index in [1.807, 2.05) is 47.9 Å². The van der Waals surface area contributed by atoms with Crippen LogP contribution in [0.3, 0.4) is 0 Å². The largest absolute Gasteiger partial charge is 0.356 e. The average Bonchev–Trinajstić information content (AvgIpc) is 3.44. The van der Waals surface area contributed by atoms with E-state index in [2.05, 4.69) is 46.5 Å². The van der Waals surface area contributed by atoms with Gasteiger partial charge in [0.25, 0.3) is 0 Å². The Morgan fingerprint density at radius 2 is 1.88 bits per heavy atom. The van der Waals surface area contributed by atoms with Crippen LogP contribution in [0.5, 0.6) is 0 Å². The van der Waals surface area contributed by atoms with E-state index in [1.54, 1.807) is 23.5 Å². The van der Waals surface area contributed by atoms with Crippen molar-refractivity contribution < 1.29 is 9.59 Å². The molecule has 1 aliphatic heterocycles. The lowest BCUT2D eigenvalue weighted by atomic mass is 9.99. The first kappa shape index (κ1) is 29.2. The van der Waals surface area contributed by atoms with Crippen molar-refractivity contribution in [3.63, 3.8) is 0 Å². The zero-order valence-corrected chi connectivity index (χ0v) is 25.1.